The largest absolute Gasteiger partial charge is 0.504 e. The fourth-order valence-corrected chi connectivity index (χ4v) is 6.16. The molecule has 1 aromatic carbocycles. The number of carbonyl (C=O) groups is 1. The third-order valence-corrected chi connectivity index (χ3v) is 8.04. The van der Waals surface area contributed by atoms with Crippen LogP contribution in [0.15, 0.2) is 18.2 Å². The summed E-state index contributed by atoms with van der Waals surface area (Å²) in [5, 5.41) is 59.6. The maximum Gasteiger partial charge on any atom is 0.338 e. The monoisotopic (exact) mass is 548 g/mol. The number of phenolic OH excluding ortho intramolecular Hbond substituents is 1. The number of halogens is 1. The van der Waals surface area contributed by atoms with E-state index in [9.17, 15) is 35.4 Å². The summed E-state index contributed by atoms with van der Waals surface area (Å²) in [6.45, 7) is -0.640. The smallest absolute Gasteiger partial charge is 0.338 e. The van der Waals surface area contributed by atoms with Crippen LogP contribution in [0.5, 0.6) is 11.5 Å². The number of hydrogen-bond donors (Lipinski definition) is 6. The highest BCUT2D eigenvalue weighted by Crippen LogP contribution is 2.54. The molecule has 4 bridgehead atoms. The van der Waals surface area contributed by atoms with Gasteiger partial charge in [-0.05, 0) is 18.2 Å². The normalized spacial score (nSPS) is 44.9. The first-order valence-electron chi connectivity index (χ1n) is 11.8. The van der Waals surface area contributed by atoms with Crippen LogP contribution in [0.3, 0.4) is 0 Å². The average molecular weight is 549 g/mol. The summed E-state index contributed by atoms with van der Waals surface area (Å²) in [4.78, 5) is 13.0. The van der Waals surface area contributed by atoms with Crippen LogP contribution in [0, 0.1) is 17.8 Å². The second-order valence-electron chi connectivity index (χ2n) is 9.55. The minimum atomic E-state index is -1.67. The number of rotatable bonds is 6. The van der Waals surface area contributed by atoms with E-state index in [1.54, 1.807) is 0 Å². The van der Waals surface area contributed by atoms with Gasteiger partial charge in [0.2, 0.25) is 0 Å². The average Bonchev–Trinajstić information content (AvgIpc) is 2.98. The van der Waals surface area contributed by atoms with Crippen molar-refractivity contribution in [3.63, 3.8) is 0 Å². The number of alkyl halides is 1. The van der Waals surface area contributed by atoms with Gasteiger partial charge in [-0.25, -0.2) is 4.79 Å². The maximum absolute atomic E-state index is 13.0. The molecule has 6 rings (SSSR count). The van der Waals surface area contributed by atoms with Crippen LogP contribution in [0.1, 0.15) is 16.8 Å². The standard InChI is InChI=1S/C23H29ClO13/c1-32-10-4-7(2-3-9(10)26)20(30)36-19-8-5-12-34-21(31)14(15(19)24)13(8)22(35-12)37-23-18(29)17(28)16(27)11(6-25)33-23/h2-4,8,11-19,21-23,25-29,31H,5-6H2,1H3/t8-,11-,12-,13+,14+,15+,16-,17+,18-,19-,21?,22+,23+/m1/s1. The highest BCUT2D eigenvalue weighted by atomic mass is 35.5. The molecule has 5 aliphatic rings. The Morgan fingerprint density at radius 1 is 1.05 bits per heavy atom. The molecule has 0 radical (unpaired) electrons. The second kappa shape index (κ2) is 10.4. The van der Waals surface area contributed by atoms with E-state index in [1.807, 2.05) is 0 Å². The molecule has 13 nitrogen and oxygen atoms in total. The van der Waals surface area contributed by atoms with Crippen molar-refractivity contribution < 1.29 is 63.9 Å². The summed E-state index contributed by atoms with van der Waals surface area (Å²) < 4.78 is 33.5. The fourth-order valence-electron chi connectivity index (χ4n) is 5.63. The van der Waals surface area contributed by atoms with E-state index >= 15 is 0 Å². The molecule has 4 aliphatic heterocycles. The van der Waals surface area contributed by atoms with Crippen molar-refractivity contribution in [3.8, 4) is 11.5 Å². The Kier molecular flexibility index (Phi) is 7.55. The quantitative estimate of drug-likeness (QED) is 0.180. The van der Waals surface area contributed by atoms with E-state index in [0.717, 1.165) is 0 Å². The van der Waals surface area contributed by atoms with E-state index in [1.165, 1.54) is 25.3 Å². The topological polar surface area (TPSA) is 194 Å². The van der Waals surface area contributed by atoms with Crippen LogP contribution in [0.4, 0.5) is 0 Å². The Morgan fingerprint density at radius 3 is 2.51 bits per heavy atom. The zero-order valence-electron chi connectivity index (χ0n) is 19.6. The van der Waals surface area contributed by atoms with Gasteiger partial charge in [0.25, 0.3) is 0 Å². The summed E-state index contributed by atoms with van der Waals surface area (Å²) >= 11 is 6.70. The number of aliphatic hydroxyl groups excluding tert-OH is 5. The number of ether oxygens (including phenoxy) is 6. The first-order valence-corrected chi connectivity index (χ1v) is 12.2. The molecule has 0 amide bonds. The third kappa shape index (κ3) is 4.67. The highest BCUT2D eigenvalue weighted by Gasteiger charge is 2.64. The van der Waals surface area contributed by atoms with E-state index in [0.29, 0.717) is 0 Å². The van der Waals surface area contributed by atoms with Crippen LogP contribution < -0.4 is 4.74 Å². The van der Waals surface area contributed by atoms with Crippen molar-refractivity contribution in [3.05, 3.63) is 23.8 Å². The maximum atomic E-state index is 13.0. The predicted octanol–water partition coefficient (Wildman–Crippen LogP) is -1.37. The van der Waals surface area contributed by atoms with Crippen LogP contribution in [0.25, 0.3) is 0 Å². The fraction of sp³-hybridized carbons (Fsp3) is 0.696. The van der Waals surface area contributed by atoms with Gasteiger partial charge in [-0.15, -0.1) is 11.6 Å². The third-order valence-electron chi connectivity index (χ3n) is 7.50. The van der Waals surface area contributed by atoms with Gasteiger partial charge in [0.1, 0.15) is 30.5 Å². The van der Waals surface area contributed by atoms with Gasteiger partial charge in [0.05, 0.1) is 24.7 Å². The van der Waals surface area contributed by atoms with Crippen LogP contribution >= 0.6 is 11.6 Å². The molecule has 1 aliphatic carbocycles. The molecular formula is C23H29ClO13. The van der Waals surface area contributed by atoms with Crippen molar-refractivity contribution in [2.24, 2.45) is 17.8 Å². The molecule has 1 unspecified atom stereocenters. The second-order valence-corrected chi connectivity index (χ2v) is 10.1. The minimum absolute atomic E-state index is 0.0862. The first-order chi connectivity index (χ1) is 17.6. The minimum Gasteiger partial charge on any atom is -0.504 e. The Balaban J connectivity index is 1.37. The van der Waals surface area contributed by atoms with Crippen molar-refractivity contribution >= 4 is 17.6 Å². The summed E-state index contributed by atoms with van der Waals surface area (Å²) in [6.07, 6.45) is -11.7. The Morgan fingerprint density at radius 2 is 1.81 bits per heavy atom. The highest BCUT2D eigenvalue weighted by molar-refractivity contribution is 6.21. The number of methoxy groups -OCH3 is 1. The van der Waals surface area contributed by atoms with E-state index in [4.69, 9.17) is 40.0 Å². The number of hydrogen-bond acceptors (Lipinski definition) is 13. The SMILES string of the molecule is COc1cc(C(=O)O[C@H]2[C@@H](Cl)[C@H]3C(O)O[C@H]4C[C@@H]2[C@@H]3[C@H](O[C@@H]2O[C@H](CO)[C@@H](O)[C@H](O)[C@H]2O)O4)ccc1O. The predicted molar refractivity (Wildman–Crippen MR) is 119 cm³/mol. The van der Waals surface area contributed by atoms with Gasteiger partial charge in [-0.3, -0.25) is 0 Å². The lowest BCUT2D eigenvalue weighted by atomic mass is 9.85. The van der Waals surface area contributed by atoms with E-state index in [-0.39, 0.29) is 23.5 Å². The zero-order valence-corrected chi connectivity index (χ0v) is 20.3. The lowest BCUT2D eigenvalue weighted by Crippen LogP contribution is -2.60. The van der Waals surface area contributed by atoms with Gasteiger partial charge in [-0.2, -0.15) is 0 Å². The molecule has 1 saturated carbocycles. The first kappa shape index (κ1) is 26.8. The van der Waals surface area contributed by atoms with Gasteiger partial charge >= 0.3 is 5.97 Å². The van der Waals surface area contributed by atoms with Gasteiger partial charge < -0.3 is 59.1 Å². The summed E-state index contributed by atoms with van der Waals surface area (Å²) in [5.74, 6) is -2.74. The van der Waals surface area contributed by atoms with E-state index in [2.05, 4.69) is 0 Å². The summed E-state index contributed by atoms with van der Waals surface area (Å²) in [7, 11) is 1.34. The molecule has 4 saturated heterocycles. The molecule has 0 aromatic heterocycles. The number of fused-ring (bicyclic) bond motifs is 2. The number of benzene rings is 1. The van der Waals surface area contributed by atoms with Crippen LogP contribution in [-0.4, -0.2) is 111 Å². The lowest BCUT2D eigenvalue weighted by molar-refractivity contribution is -0.371. The van der Waals surface area contributed by atoms with Crippen molar-refractivity contribution in [2.75, 3.05) is 13.7 Å². The van der Waals surface area contributed by atoms with Gasteiger partial charge in [0.15, 0.2) is 36.7 Å². The van der Waals surface area contributed by atoms with E-state index < -0.39 is 91.4 Å². The molecular weight excluding hydrogens is 520 g/mol. The Labute approximate surface area is 216 Å². The number of phenols is 1. The molecule has 37 heavy (non-hydrogen) atoms. The van der Waals surface area contributed by atoms with Gasteiger partial charge in [0, 0.05) is 24.2 Å². The number of aliphatic hydroxyl groups is 5. The Bertz CT molecular complexity index is 993. The van der Waals surface area contributed by atoms with Crippen molar-refractivity contribution in [1.82, 2.24) is 0 Å². The zero-order chi connectivity index (χ0) is 26.6. The number of esters is 1. The molecule has 13 atom stereocenters. The number of carbonyl (C=O) groups excluding carboxylic acids is 1. The molecule has 206 valence electrons. The van der Waals surface area contributed by atoms with Crippen LogP contribution in [0.2, 0.25) is 0 Å². The lowest BCUT2D eigenvalue weighted by Gasteiger charge is -2.43. The molecule has 14 heteroatoms. The summed E-state index contributed by atoms with van der Waals surface area (Å²) in [6, 6.07) is 3.99. The van der Waals surface area contributed by atoms with Crippen molar-refractivity contribution in [1.29, 1.82) is 0 Å². The van der Waals surface area contributed by atoms with Crippen molar-refractivity contribution in [2.45, 2.75) is 67.5 Å². The molecule has 5 fully saturated rings. The van der Waals surface area contributed by atoms with Gasteiger partial charge in [-0.1, -0.05) is 0 Å². The number of aromatic hydroxyl groups is 1. The molecule has 4 heterocycles. The summed E-state index contributed by atoms with van der Waals surface area (Å²) in [5.41, 5.74) is 0.116. The molecule has 6 N–H and O–H groups in total. The molecule has 0 spiro atoms. The molecule has 1 aromatic rings. The Hall–Kier alpha value is -1.78. The van der Waals surface area contributed by atoms with Crippen LogP contribution in [-0.2, 0) is 23.7 Å².